The van der Waals surface area contributed by atoms with Crippen molar-refractivity contribution in [2.45, 2.75) is 6.61 Å². The molecule has 0 saturated carbocycles. The van der Waals surface area contributed by atoms with E-state index in [1.165, 1.54) is 18.3 Å². The second kappa shape index (κ2) is 10.4. The number of amides is 1. The summed E-state index contributed by atoms with van der Waals surface area (Å²) in [5.41, 5.74) is 2.34. The van der Waals surface area contributed by atoms with Crippen molar-refractivity contribution >= 4 is 23.5 Å². The Labute approximate surface area is 172 Å². The van der Waals surface area contributed by atoms with E-state index < -0.39 is 4.92 Å². The van der Waals surface area contributed by atoms with Gasteiger partial charge in [0.25, 0.3) is 11.6 Å². The summed E-state index contributed by atoms with van der Waals surface area (Å²) < 4.78 is 5.66. The summed E-state index contributed by atoms with van der Waals surface area (Å²) in [7, 11) is 0. The van der Waals surface area contributed by atoms with E-state index in [1.54, 1.807) is 48.5 Å². The monoisotopic (exact) mass is 405 g/mol. The van der Waals surface area contributed by atoms with E-state index in [4.69, 9.17) is 9.57 Å². The number of anilines is 1. The van der Waals surface area contributed by atoms with Gasteiger partial charge in [0.15, 0.2) is 6.61 Å². The summed E-state index contributed by atoms with van der Waals surface area (Å²) >= 11 is 0. The fourth-order valence-electron chi connectivity index (χ4n) is 2.44. The van der Waals surface area contributed by atoms with Gasteiger partial charge in [-0.25, -0.2) is 0 Å². The largest absolute Gasteiger partial charge is 0.489 e. The number of nitrogens with one attached hydrogen (secondary N) is 1. The first-order valence-electron chi connectivity index (χ1n) is 9.06. The Balaban J connectivity index is 1.41. The SMILES string of the molecule is O=C(CO/N=C/c1ccc(OCc2ccc([N+](=O)[O-])cc2)cc1)Nc1ccccc1. The summed E-state index contributed by atoms with van der Waals surface area (Å²) in [6.45, 7) is 0.104. The molecule has 0 fully saturated rings. The molecule has 3 aromatic rings. The third kappa shape index (κ3) is 6.45. The highest BCUT2D eigenvalue weighted by Gasteiger charge is 2.04. The maximum Gasteiger partial charge on any atom is 0.269 e. The molecule has 0 bridgehead atoms. The van der Waals surface area contributed by atoms with Gasteiger partial charge in [-0.15, -0.1) is 0 Å². The standard InChI is InChI=1S/C22H19N3O5/c26-22(24-19-4-2-1-3-5-19)16-30-23-14-17-8-12-21(13-9-17)29-15-18-6-10-20(11-7-18)25(27)28/h1-14H,15-16H2,(H,24,26)/b23-14+. The van der Waals surface area contributed by atoms with E-state index in [0.717, 1.165) is 11.1 Å². The Morgan fingerprint density at radius 3 is 2.37 bits per heavy atom. The van der Waals surface area contributed by atoms with Gasteiger partial charge in [-0.05, 0) is 59.7 Å². The Kier molecular flexibility index (Phi) is 7.10. The minimum Gasteiger partial charge on any atom is -0.489 e. The quantitative estimate of drug-likeness (QED) is 0.327. The Morgan fingerprint density at radius 1 is 1.00 bits per heavy atom. The van der Waals surface area contributed by atoms with E-state index >= 15 is 0 Å². The maximum atomic E-state index is 11.7. The molecular formula is C22H19N3O5. The number of carbonyl (C=O) groups is 1. The predicted octanol–water partition coefficient (Wildman–Crippen LogP) is 4.16. The normalized spacial score (nSPS) is 10.5. The van der Waals surface area contributed by atoms with Crippen LogP contribution in [0.15, 0.2) is 84.0 Å². The average Bonchev–Trinajstić information content (AvgIpc) is 2.77. The van der Waals surface area contributed by atoms with Crippen molar-refractivity contribution < 1.29 is 19.3 Å². The van der Waals surface area contributed by atoms with Crippen molar-refractivity contribution in [2.24, 2.45) is 5.16 Å². The van der Waals surface area contributed by atoms with E-state index in [-0.39, 0.29) is 18.2 Å². The van der Waals surface area contributed by atoms with E-state index in [1.807, 2.05) is 18.2 Å². The van der Waals surface area contributed by atoms with Crippen LogP contribution in [0, 0.1) is 10.1 Å². The van der Waals surface area contributed by atoms with Crippen LogP contribution in [0.4, 0.5) is 11.4 Å². The minimum atomic E-state index is -0.440. The first-order chi connectivity index (χ1) is 14.6. The molecule has 1 amide bonds. The highest BCUT2D eigenvalue weighted by molar-refractivity contribution is 5.91. The third-order valence-electron chi connectivity index (χ3n) is 3.96. The Bertz CT molecular complexity index is 1000. The smallest absolute Gasteiger partial charge is 0.269 e. The van der Waals surface area contributed by atoms with Crippen LogP contribution in [0.1, 0.15) is 11.1 Å². The highest BCUT2D eigenvalue weighted by atomic mass is 16.6. The van der Waals surface area contributed by atoms with Crippen LogP contribution in [0.5, 0.6) is 5.75 Å². The molecule has 0 atom stereocenters. The highest BCUT2D eigenvalue weighted by Crippen LogP contribution is 2.16. The lowest BCUT2D eigenvalue weighted by Crippen LogP contribution is -2.16. The van der Waals surface area contributed by atoms with Gasteiger partial charge in [0, 0.05) is 17.8 Å². The molecule has 0 heterocycles. The van der Waals surface area contributed by atoms with Crippen LogP contribution in [0.2, 0.25) is 0 Å². The molecule has 0 aliphatic rings. The lowest BCUT2D eigenvalue weighted by Gasteiger charge is -2.06. The fraction of sp³-hybridized carbons (Fsp3) is 0.0909. The van der Waals surface area contributed by atoms with Gasteiger partial charge >= 0.3 is 0 Å². The molecule has 0 aromatic heterocycles. The zero-order valence-corrected chi connectivity index (χ0v) is 15.9. The number of carbonyl (C=O) groups excluding carboxylic acids is 1. The van der Waals surface area contributed by atoms with Crippen molar-refractivity contribution in [3.8, 4) is 5.75 Å². The van der Waals surface area contributed by atoms with Crippen molar-refractivity contribution in [1.82, 2.24) is 0 Å². The number of oxime groups is 1. The lowest BCUT2D eigenvalue weighted by molar-refractivity contribution is -0.384. The van der Waals surface area contributed by atoms with Crippen LogP contribution in [0.25, 0.3) is 0 Å². The number of hydrogen-bond acceptors (Lipinski definition) is 6. The molecule has 8 heteroatoms. The molecule has 30 heavy (non-hydrogen) atoms. The number of nitrogens with zero attached hydrogens (tertiary/aromatic N) is 2. The maximum absolute atomic E-state index is 11.7. The van der Waals surface area contributed by atoms with Crippen molar-refractivity contribution in [2.75, 3.05) is 11.9 Å². The number of nitro groups is 1. The Morgan fingerprint density at radius 2 is 1.70 bits per heavy atom. The van der Waals surface area contributed by atoms with E-state index in [2.05, 4.69) is 10.5 Å². The molecule has 1 N–H and O–H groups in total. The third-order valence-corrected chi connectivity index (χ3v) is 3.96. The van der Waals surface area contributed by atoms with Crippen molar-refractivity contribution in [3.05, 3.63) is 100 Å². The molecule has 3 aromatic carbocycles. The van der Waals surface area contributed by atoms with Crippen LogP contribution in [0.3, 0.4) is 0 Å². The predicted molar refractivity (Wildman–Crippen MR) is 112 cm³/mol. The van der Waals surface area contributed by atoms with Gasteiger partial charge in [0.2, 0.25) is 0 Å². The average molecular weight is 405 g/mol. The van der Waals surface area contributed by atoms with Gasteiger partial charge in [-0.3, -0.25) is 14.9 Å². The van der Waals surface area contributed by atoms with E-state index in [9.17, 15) is 14.9 Å². The number of benzene rings is 3. The lowest BCUT2D eigenvalue weighted by atomic mass is 10.2. The van der Waals surface area contributed by atoms with Gasteiger partial charge in [0.05, 0.1) is 11.1 Å². The van der Waals surface area contributed by atoms with Crippen molar-refractivity contribution in [3.63, 3.8) is 0 Å². The second-order valence-electron chi connectivity index (χ2n) is 6.20. The fourth-order valence-corrected chi connectivity index (χ4v) is 2.44. The molecule has 0 spiro atoms. The van der Waals surface area contributed by atoms with Gasteiger partial charge < -0.3 is 14.9 Å². The summed E-state index contributed by atoms with van der Waals surface area (Å²) in [6.07, 6.45) is 1.50. The molecule has 0 unspecified atom stereocenters. The number of nitro benzene ring substituents is 1. The summed E-state index contributed by atoms with van der Waals surface area (Å²) in [4.78, 5) is 27.0. The minimum absolute atomic E-state index is 0.0437. The molecular weight excluding hydrogens is 386 g/mol. The van der Waals surface area contributed by atoms with Gasteiger partial charge in [-0.2, -0.15) is 0 Å². The van der Waals surface area contributed by atoms with Crippen LogP contribution in [-0.2, 0) is 16.2 Å². The molecule has 0 saturated heterocycles. The molecule has 8 nitrogen and oxygen atoms in total. The zero-order valence-electron chi connectivity index (χ0n) is 15.9. The Hall–Kier alpha value is -4.20. The topological polar surface area (TPSA) is 103 Å². The number of hydrogen-bond donors (Lipinski definition) is 1. The van der Waals surface area contributed by atoms with Crippen molar-refractivity contribution in [1.29, 1.82) is 0 Å². The summed E-state index contributed by atoms with van der Waals surface area (Å²) in [6, 6.07) is 22.4. The summed E-state index contributed by atoms with van der Waals surface area (Å²) in [5.74, 6) is 0.349. The first-order valence-corrected chi connectivity index (χ1v) is 9.06. The number of ether oxygens (including phenoxy) is 1. The van der Waals surface area contributed by atoms with Gasteiger partial charge in [0.1, 0.15) is 12.4 Å². The zero-order chi connectivity index (χ0) is 21.2. The van der Waals surface area contributed by atoms with Crippen LogP contribution < -0.4 is 10.1 Å². The first kappa shape index (κ1) is 20.5. The summed E-state index contributed by atoms with van der Waals surface area (Å²) in [5, 5.41) is 17.1. The van der Waals surface area contributed by atoms with Gasteiger partial charge in [-0.1, -0.05) is 23.4 Å². The molecule has 3 rings (SSSR count). The number of para-hydroxylation sites is 1. The molecule has 152 valence electrons. The number of non-ortho nitro benzene ring substituents is 1. The molecule has 0 aliphatic carbocycles. The van der Waals surface area contributed by atoms with Crippen LogP contribution >= 0.6 is 0 Å². The second-order valence-corrected chi connectivity index (χ2v) is 6.20. The number of rotatable bonds is 9. The van der Waals surface area contributed by atoms with E-state index in [0.29, 0.717) is 18.0 Å². The van der Waals surface area contributed by atoms with Crippen LogP contribution in [-0.4, -0.2) is 23.7 Å². The molecule has 0 radical (unpaired) electrons. The molecule has 0 aliphatic heterocycles.